The molecule has 1 fully saturated rings. The van der Waals surface area contributed by atoms with Crippen LogP contribution in [0, 0.1) is 0 Å². The lowest BCUT2D eigenvalue weighted by Crippen LogP contribution is -2.45. The van der Waals surface area contributed by atoms with E-state index in [-0.39, 0.29) is 0 Å². The number of anilines is 1. The van der Waals surface area contributed by atoms with Gasteiger partial charge in [0.15, 0.2) is 0 Å². The molecule has 3 aromatic rings. The minimum absolute atomic E-state index is 0.415. The average molecular weight is 314 g/mol. The van der Waals surface area contributed by atoms with E-state index in [1.165, 1.54) is 20.4 Å². The number of piperazine rings is 1. The molecule has 0 aliphatic carbocycles. The number of imidazole rings is 1. The summed E-state index contributed by atoms with van der Waals surface area (Å²) in [5.74, 6) is 1.15. The number of rotatable bonds is 2. The maximum atomic E-state index is 5.01. The topological polar surface area (TPSA) is 24.3 Å². The number of aromatic nitrogens is 2. The van der Waals surface area contributed by atoms with Crippen LogP contribution in [-0.2, 0) is 0 Å². The van der Waals surface area contributed by atoms with Gasteiger partial charge >= 0.3 is 0 Å². The van der Waals surface area contributed by atoms with Gasteiger partial charge in [-0.05, 0) is 27.0 Å². The van der Waals surface area contributed by atoms with Gasteiger partial charge in [0.1, 0.15) is 4.83 Å². The van der Waals surface area contributed by atoms with Gasteiger partial charge in [-0.3, -0.25) is 0 Å². The maximum Gasteiger partial charge on any atom is 0.207 e. The largest absolute Gasteiger partial charge is 0.340 e. The van der Waals surface area contributed by atoms with E-state index in [1.807, 2.05) is 11.3 Å². The van der Waals surface area contributed by atoms with E-state index in [2.05, 4.69) is 59.5 Å². The number of hydrogen-bond acceptors (Lipinski definition) is 4. The fourth-order valence-corrected chi connectivity index (χ4v) is 4.35. The van der Waals surface area contributed by atoms with Gasteiger partial charge in [0.25, 0.3) is 0 Å². The molecule has 22 heavy (non-hydrogen) atoms. The monoisotopic (exact) mass is 314 g/mol. The van der Waals surface area contributed by atoms with Crippen molar-refractivity contribution in [2.24, 2.45) is 0 Å². The third kappa shape index (κ3) is 2.11. The van der Waals surface area contributed by atoms with Crippen LogP contribution in [0.15, 0.2) is 24.3 Å². The first kappa shape index (κ1) is 14.0. The Hall–Kier alpha value is -1.59. The summed E-state index contributed by atoms with van der Waals surface area (Å²) in [6, 6.07) is 9.07. The van der Waals surface area contributed by atoms with Crippen LogP contribution in [0.4, 0.5) is 5.95 Å². The van der Waals surface area contributed by atoms with Gasteiger partial charge in [0, 0.05) is 42.3 Å². The number of benzene rings is 1. The lowest BCUT2D eigenvalue weighted by atomic mass is 10.2. The Labute approximate surface area is 135 Å². The van der Waals surface area contributed by atoms with E-state index in [0.717, 1.165) is 32.1 Å². The first-order chi connectivity index (χ1) is 10.6. The van der Waals surface area contributed by atoms with E-state index in [0.29, 0.717) is 6.04 Å². The first-order valence-electron chi connectivity index (χ1n) is 7.98. The SMILES string of the molecule is CC(C)n1c(N2CCN(C)CC2)nc2sc3ccccc3c21. The smallest absolute Gasteiger partial charge is 0.207 e. The fraction of sp³-hybridized carbons (Fsp3) is 0.471. The lowest BCUT2D eigenvalue weighted by Gasteiger charge is -2.34. The third-order valence-corrected chi connectivity index (χ3v) is 5.57. The molecule has 0 unspecified atom stereocenters. The summed E-state index contributed by atoms with van der Waals surface area (Å²) in [6.45, 7) is 8.86. The number of likely N-dealkylation sites (N-methyl/N-ethyl adjacent to an activating group) is 1. The van der Waals surface area contributed by atoms with Gasteiger partial charge in [-0.15, -0.1) is 11.3 Å². The first-order valence-corrected chi connectivity index (χ1v) is 8.80. The van der Waals surface area contributed by atoms with Crippen molar-refractivity contribution in [3.8, 4) is 0 Å². The zero-order valence-electron chi connectivity index (χ0n) is 13.4. The Morgan fingerprint density at radius 2 is 1.82 bits per heavy atom. The molecule has 3 heterocycles. The molecule has 1 saturated heterocycles. The molecule has 0 saturated carbocycles. The number of nitrogens with zero attached hydrogens (tertiary/aromatic N) is 4. The highest BCUT2D eigenvalue weighted by Gasteiger charge is 2.24. The van der Waals surface area contributed by atoms with Crippen molar-refractivity contribution in [1.82, 2.24) is 14.5 Å². The molecule has 2 aromatic heterocycles. The van der Waals surface area contributed by atoms with Crippen molar-refractivity contribution in [1.29, 1.82) is 0 Å². The van der Waals surface area contributed by atoms with Crippen molar-refractivity contribution in [3.63, 3.8) is 0 Å². The number of thiophene rings is 1. The van der Waals surface area contributed by atoms with E-state index < -0.39 is 0 Å². The Bertz CT molecular complexity index is 809. The van der Waals surface area contributed by atoms with Gasteiger partial charge in [-0.1, -0.05) is 18.2 Å². The molecule has 5 heteroatoms. The summed E-state index contributed by atoms with van der Waals surface area (Å²) in [5, 5.41) is 1.34. The Morgan fingerprint density at radius 3 is 2.55 bits per heavy atom. The van der Waals surface area contributed by atoms with Crippen LogP contribution in [0.3, 0.4) is 0 Å². The van der Waals surface area contributed by atoms with Crippen molar-refractivity contribution in [2.45, 2.75) is 19.9 Å². The normalized spacial score (nSPS) is 17.2. The predicted molar refractivity (Wildman–Crippen MR) is 95.2 cm³/mol. The molecule has 0 bridgehead atoms. The molecule has 1 aliphatic heterocycles. The van der Waals surface area contributed by atoms with Gasteiger partial charge in [0.2, 0.25) is 5.95 Å². The molecule has 4 nitrogen and oxygen atoms in total. The molecular formula is C17H22N4S. The molecule has 0 amide bonds. The Kier molecular flexibility index (Phi) is 3.35. The second-order valence-electron chi connectivity index (χ2n) is 6.42. The summed E-state index contributed by atoms with van der Waals surface area (Å²) in [6.07, 6.45) is 0. The molecule has 0 radical (unpaired) electrons. The molecule has 116 valence electrons. The van der Waals surface area contributed by atoms with Crippen molar-refractivity contribution in [2.75, 3.05) is 38.1 Å². The Balaban J connectivity index is 1.90. The highest BCUT2D eigenvalue weighted by atomic mass is 32.1. The van der Waals surface area contributed by atoms with Crippen LogP contribution in [0.25, 0.3) is 20.4 Å². The summed E-state index contributed by atoms with van der Waals surface area (Å²) in [7, 11) is 2.19. The van der Waals surface area contributed by atoms with Crippen LogP contribution < -0.4 is 4.90 Å². The van der Waals surface area contributed by atoms with Gasteiger partial charge in [-0.2, -0.15) is 0 Å². The summed E-state index contributed by atoms with van der Waals surface area (Å²) in [4.78, 5) is 11.0. The molecule has 1 aliphatic rings. The van der Waals surface area contributed by atoms with Gasteiger partial charge in [-0.25, -0.2) is 4.98 Å². The minimum Gasteiger partial charge on any atom is -0.340 e. The average Bonchev–Trinajstić information content (AvgIpc) is 3.03. The molecule has 1 aromatic carbocycles. The van der Waals surface area contributed by atoms with E-state index >= 15 is 0 Å². The van der Waals surface area contributed by atoms with Crippen molar-refractivity contribution >= 4 is 37.7 Å². The summed E-state index contributed by atoms with van der Waals surface area (Å²) in [5.41, 5.74) is 1.31. The van der Waals surface area contributed by atoms with Gasteiger partial charge in [0.05, 0.1) is 5.52 Å². The van der Waals surface area contributed by atoms with Crippen LogP contribution in [0.1, 0.15) is 19.9 Å². The second-order valence-corrected chi connectivity index (χ2v) is 7.45. The maximum absolute atomic E-state index is 5.01. The fourth-order valence-electron chi connectivity index (χ4n) is 3.29. The highest BCUT2D eigenvalue weighted by molar-refractivity contribution is 7.25. The zero-order valence-corrected chi connectivity index (χ0v) is 14.2. The lowest BCUT2D eigenvalue weighted by molar-refractivity contribution is 0.309. The van der Waals surface area contributed by atoms with Crippen LogP contribution >= 0.6 is 11.3 Å². The highest BCUT2D eigenvalue weighted by Crippen LogP contribution is 2.38. The van der Waals surface area contributed by atoms with Crippen LogP contribution in [0.5, 0.6) is 0 Å². The summed E-state index contributed by atoms with van der Waals surface area (Å²) < 4.78 is 3.76. The quantitative estimate of drug-likeness (QED) is 0.722. The number of hydrogen-bond donors (Lipinski definition) is 0. The molecular weight excluding hydrogens is 292 g/mol. The zero-order chi connectivity index (χ0) is 15.3. The van der Waals surface area contributed by atoms with E-state index in [9.17, 15) is 0 Å². The Morgan fingerprint density at radius 1 is 1.09 bits per heavy atom. The number of fused-ring (bicyclic) bond motifs is 3. The van der Waals surface area contributed by atoms with E-state index in [1.54, 1.807) is 0 Å². The molecule has 0 N–H and O–H groups in total. The minimum atomic E-state index is 0.415. The third-order valence-electron chi connectivity index (χ3n) is 4.51. The van der Waals surface area contributed by atoms with Crippen LogP contribution in [0.2, 0.25) is 0 Å². The van der Waals surface area contributed by atoms with Crippen molar-refractivity contribution < 1.29 is 0 Å². The van der Waals surface area contributed by atoms with Gasteiger partial charge < -0.3 is 14.4 Å². The predicted octanol–water partition coefficient (Wildman–Crippen LogP) is 3.58. The van der Waals surface area contributed by atoms with Crippen molar-refractivity contribution in [3.05, 3.63) is 24.3 Å². The standard InChI is InChI=1S/C17H22N4S/c1-12(2)21-15-13-6-4-5-7-14(13)22-16(15)18-17(21)20-10-8-19(3)9-11-20/h4-7,12H,8-11H2,1-3H3. The molecule has 0 spiro atoms. The van der Waals surface area contributed by atoms with E-state index in [4.69, 9.17) is 4.98 Å². The summed E-state index contributed by atoms with van der Waals surface area (Å²) >= 11 is 1.81. The molecule has 4 rings (SSSR count). The molecule has 0 atom stereocenters. The second kappa shape index (κ2) is 5.25. The van der Waals surface area contributed by atoms with Crippen LogP contribution in [-0.4, -0.2) is 47.7 Å².